The zero-order valence-electron chi connectivity index (χ0n) is 18.1. The van der Waals surface area contributed by atoms with Crippen LogP contribution in [0.5, 0.6) is 5.75 Å². The van der Waals surface area contributed by atoms with Gasteiger partial charge >= 0.3 is 6.17 Å². The van der Waals surface area contributed by atoms with Crippen molar-refractivity contribution in [2.75, 3.05) is 18.5 Å². The predicted octanol–water partition coefficient (Wildman–Crippen LogP) is 5.36. The van der Waals surface area contributed by atoms with Crippen LogP contribution in [0.1, 0.15) is 31.7 Å². The molecule has 2 aromatic carbocycles. The lowest BCUT2D eigenvalue weighted by Crippen LogP contribution is -2.33. The molecule has 1 fully saturated rings. The second kappa shape index (κ2) is 10.0. The highest BCUT2D eigenvalue weighted by atomic mass is 35.5. The Labute approximate surface area is 196 Å². The summed E-state index contributed by atoms with van der Waals surface area (Å²) in [6.07, 6.45) is 3.41. The van der Waals surface area contributed by atoms with Gasteiger partial charge in [-0.3, -0.25) is 14.5 Å². The average molecular weight is 468 g/mol. The Morgan fingerprint density at radius 3 is 2.97 bits per heavy atom. The molecule has 1 aliphatic heterocycles. The SMILES string of the molecule is [C-]#[N+]C1CCCN1C(=O)CCc1cc2c(Nc3ccc(F)c(Cl)c3)ncnc2cc1OCC. The first-order valence-electron chi connectivity index (χ1n) is 10.8. The fraction of sp³-hybridized carbons (Fsp3) is 0.333. The molecule has 1 atom stereocenters. The molecule has 7 nitrogen and oxygen atoms in total. The van der Waals surface area contributed by atoms with E-state index in [1.54, 1.807) is 11.0 Å². The van der Waals surface area contributed by atoms with Crippen molar-refractivity contribution in [2.45, 2.75) is 38.8 Å². The molecule has 0 aliphatic carbocycles. The monoisotopic (exact) mass is 467 g/mol. The number of benzene rings is 2. The summed E-state index contributed by atoms with van der Waals surface area (Å²) in [5.74, 6) is 0.669. The summed E-state index contributed by atoms with van der Waals surface area (Å²) in [4.78, 5) is 26.7. The van der Waals surface area contributed by atoms with E-state index < -0.39 is 5.82 Å². The Balaban J connectivity index is 1.63. The molecule has 0 spiro atoms. The summed E-state index contributed by atoms with van der Waals surface area (Å²) in [5.41, 5.74) is 2.12. The number of likely N-dealkylation sites (tertiary alicyclic amines) is 1. The maximum absolute atomic E-state index is 13.5. The first-order chi connectivity index (χ1) is 16.0. The van der Waals surface area contributed by atoms with E-state index in [4.69, 9.17) is 22.9 Å². The number of nitrogens with zero attached hydrogens (tertiary/aromatic N) is 4. The molecule has 1 aliphatic rings. The highest BCUT2D eigenvalue weighted by molar-refractivity contribution is 6.31. The Kier molecular flexibility index (Phi) is 6.90. The van der Waals surface area contributed by atoms with Gasteiger partial charge in [0.2, 0.25) is 5.91 Å². The number of carbonyl (C=O) groups excluding carboxylic acids is 1. The second-order valence-electron chi connectivity index (χ2n) is 7.73. The number of halogens is 2. The minimum atomic E-state index is -0.499. The Morgan fingerprint density at radius 2 is 2.21 bits per heavy atom. The van der Waals surface area contributed by atoms with Gasteiger partial charge in [-0.15, -0.1) is 0 Å². The van der Waals surface area contributed by atoms with E-state index in [2.05, 4.69) is 20.1 Å². The van der Waals surface area contributed by atoms with Crippen molar-refractivity contribution in [3.8, 4) is 5.75 Å². The summed E-state index contributed by atoms with van der Waals surface area (Å²) in [6, 6.07) is 8.10. The highest BCUT2D eigenvalue weighted by Crippen LogP contribution is 2.32. The molecule has 0 saturated carbocycles. The van der Waals surface area contributed by atoms with E-state index >= 15 is 0 Å². The summed E-state index contributed by atoms with van der Waals surface area (Å²) in [5, 5.41) is 3.92. The maximum Gasteiger partial charge on any atom is 0.300 e. The lowest BCUT2D eigenvalue weighted by atomic mass is 10.0. The maximum atomic E-state index is 13.5. The van der Waals surface area contributed by atoms with Gasteiger partial charge < -0.3 is 10.1 Å². The number of amides is 1. The number of hydrogen-bond donors (Lipinski definition) is 1. The largest absolute Gasteiger partial charge is 0.494 e. The number of aryl methyl sites for hydroxylation is 1. The van der Waals surface area contributed by atoms with Crippen LogP contribution < -0.4 is 10.1 Å². The van der Waals surface area contributed by atoms with Gasteiger partial charge in [-0.05, 0) is 49.6 Å². The highest BCUT2D eigenvalue weighted by Gasteiger charge is 2.32. The molecular weight excluding hydrogens is 445 g/mol. The Morgan fingerprint density at radius 1 is 1.36 bits per heavy atom. The minimum Gasteiger partial charge on any atom is -0.494 e. The minimum absolute atomic E-state index is 0.0100. The van der Waals surface area contributed by atoms with Crippen LogP contribution in [-0.2, 0) is 11.2 Å². The molecule has 2 heterocycles. The normalized spacial score (nSPS) is 15.5. The van der Waals surface area contributed by atoms with Crippen LogP contribution in [0, 0.1) is 12.4 Å². The lowest BCUT2D eigenvalue weighted by molar-refractivity contribution is -0.131. The van der Waals surface area contributed by atoms with E-state index in [0.29, 0.717) is 42.3 Å². The third-order valence-electron chi connectivity index (χ3n) is 5.60. The second-order valence-corrected chi connectivity index (χ2v) is 8.13. The van der Waals surface area contributed by atoms with E-state index in [0.717, 1.165) is 23.8 Å². The molecule has 0 bridgehead atoms. The molecule has 1 N–H and O–H groups in total. The standard InChI is InChI=1S/C24H23ClFN5O2/c1-3-33-21-13-20-17(11-15(21)6-9-23(32)31-10-4-5-22(31)27-2)24(29-14-28-20)30-16-7-8-19(26)18(25)12-16/h7-8,11-14,22H,3-6,9-10H2,1H3,(H,28,29,30). The van der Waals surface area contributed by atoms with Crippen LogP contribution in [0.15, 0.2) is 36.7 Å². The first kappa shape index (κ1) is 22.7. The number of hydrogen-bond acceptors (Lipinski definition) is 5. The van der Waals surface area contributed by atoms with E-state index in [-0.39, 0.29) is 23.5 Å². The molecule has 4 rings (SSSR count). The number of carbonyl (C=O) groups is 1. The molecule has 0 radical (unpaired) electrons. The fourth-order valence-corrected chi connectivity index (χ4v) is 4.16. The molecule has 1 saturated heterocycles. The van der Waals surface area contributed by atoms with Gasteiger partial charge in [-0.1, -0.05) is 11.6 Å². The molecule has 3 aromatic rings. The number of anilines is 2. The van der Waals surface area contributed by atoms with E-state index in [1.165, 1.54) is 18.5 Å². The lowest BCUT2D eigenvalue weighted by Gasteiger charge is -2.17. The molecule has 33 heavy (non-hydrogen) atoms. The zero-order valence-corrected chi connectivity index (χ0v) is 18.9. The van der Waals surface area contributed by atoms with Crippen LogP contribution in [0.3, 0.4) is 0 Å². The number of aromatic nitrogens is 2. The zero-order chi connectivity index (χ0) is 23.4. The van der Waals surface area contributed by atoms with Gasteiger partial charge in [0.15, 0.2) is 0 Å². The predicted molar refractivity (Wildman–Crippen MR) is 125 cm³/mol. The first-order valence-corrected chi connectivity index (χ1v) is 11.2. The van der Waals surface area contributed by atoms with Gasteiger partial charge in [-0.25, -0.2) is 20.9 Å². The van der Waals surface area contributed by atoms with Crippen molar-refractivity contribution < 1.29 is 13.9 Å². The molecule has 170 valence electrons. The summed E-state index contributed by atoms with van der Waals surface area (Å²) in [6.45, 7) is 10.3. The Hall–Kier alpha value is -3.44. The van der Waals surface area contributed by atoms with Crippen LogP contribution in [-0.4, -0.2) is 40.1 Å². The van der Waals surface area contributed by atoms with Gasteiger partial charge in [0.25, 0.3) is 0 Å². The van der Waals surface area contributed by atoms with Crippen molar-refractivity contribution in [1.29, 1.82) is 0 Å². The molecule has 1 unspecified atom stereocenters. The van der Waals surface area contributed by atoms with Crippen molar-refractivity contribution in [3.63, 3.8) is 0 Å². The van der Waals surface area contributed by atoms with Crippen molar-refractivity contribution in [3.05, 3.63) is 64.5 Å². The van der Waals surface area contributed by atoms with Crippen molar-refractivity contribution in [2.24, 2.45) is 0 Å². The van der Waals surface area contributed by atoms with Gasteiger partial charge in [0, 0.05) is 36.5 Å². The van der Waals surface area contributed by atoms with E-state index in [1.807, 2.05) is 19.1 Å². The summed E-state index contributed by atoms with van der Waals surface area (Å²) >= 11 is 5.91. The van der Waals surface area contributed by atoms with Crippen LogP contribution in [0.25, 0.3) is 15.7 Å². The van der Waals surface area contributed by atoms with Crippen LogP contribution in [0.4, 0.5) is 15.9 Å². The van der Waals surface area contributed by atoms with Crippen molar-refractivity contribution in [1.82, 2.24) is 14.9 Å². The number of nitrogens with one attached hydrogen (secondary N) is 1. The summed E-state index contributed by atoms with van der Waals surface area (Å²) in [7, 11) is 0. The number of fused-ring (bicyclic) bond motifs is 1. The van der Waals surface area contributed by atoms with Crippen LogP contribution in [0.2, 0.25) is 5.02 Å². The molecular formula is C24H23ClFN5O2. The van der Waals surface area contributed by atoms with Gasteiger partial charge in [-0.2, -0.15) is 0 Å². The third-order valence-corrected chi connectivity index (χ3v) is 5.89. The average Bonchev–Trinajstić information content (AvgIpc) is 3.29. The number of ether oxygens (including phenoxy) is 1. The van der Waals surface area contributed by atoms with Gasteiger partial charge in [0.1, 0.15) is 23.7 Å². The quantitative estimate of drug-likeness (QED) is 0.473. The third kappa shape index (κ3) is 4.99. The molecule has 1 aromatic heterocycles. The molecule has 1 amide bonds. The fourth-order valence-electron chi connectivity index (χ4n) is 3.98. The summed E-state index contributed by atoms with van der Waals surface area (Å²) < 4.78 is 19.3. The van der Waals surface area contributed by atoms with Gasteiger partial charge in [0.05, 0.1) is 17.1 Å². The number of rotatable bonds is 7. The van der Waals surface area contributed by atoms with Crippen LogP contribution >= 0.6 is 11.6 Å². The molecule has 9 heteroatoms. The Bertz CT molecular complexity index is 1230. The van der Waals surface area contributed by atoms with E-state index in [9.17, 15) is 9.18 Å². The topological polar surface area (TPSA) is 71.7 Å². The van der Waals surface area contributed by atoms with Crippen molar-refractivity contribution >= 4 is 39.9 Å². The smallest absolute Gasteiger partial charge is 0.300 e.